The van der Waals surface area contributed by atoms with Gasteiger partial charge >= 0.3 is 0 Å². The Balaban J connectivity index is 4.53. The fraction of sp³-hybridized carbons (Fsp3) is 0.333. The van der Waals surface area contributed by atoms with E-state index in [9.17, 15) is 0 Å². The predicted molar refractivity (Wildman–Crippen MR) is 51.6 cm³/mol. The maximum absolute atomic E-state index is 4.18. The van der Waals surface area contributed by atoms with Gasteiger partial charge in [0.05, 0.1) is 0 Å². The molecular weight excluding hydrogens is 140 g/mol. The highest BCUT2D eigenvalue weighted by molar-refractivity contribution is 7.80. The summed E-state index contributed by atoms with van der Waals surface area (Å²) in [5.74, 6) is 0.743. The van der Waals surface area contributed by atoms with Gasteiger partial charge in [-0.2, -0.15) is 12.6 Å². The average molecular weight is 154 g/mol. The predicted octanol–water partition coefficient (Wildman–Crippen LogP) is 2.99. The molecule has 0 amide bonds. The van der Waals surface area contributed by atoms with Crippen molar-refractivity contribution < 1.29 is 0 Å². The summed E-state index contributed by atoms with van der Waals surface area (Å²) in [6.07, 6.45) is 1.76. The molecule has 0 spiro atoms. The average Bonchev–Trinajstić information content (AvgIpc) is 1.88. The summed E-state index contributed by atoms with van der Waals surface area (Å²) in [4.78, 5) is 0. The van der Waals surface area contributed by atoms with E-state index in [2.05, 4.69) is 39.6 Å². The van der Waals surface area contributed by atoms with Crippen LogP contribution in [0.1, 0.15) is 13.8 Å². The van der Waals surface area contributed by atoms with Crippen LogP contribution in [0.3, 0.4) is 0 Å². The second kappa shape index (κ2) is 4.40. The van der Waals surface area contributed by atoms with Gasteiger partial charge in [0.15, 0.2) is 0 Å². The molecule has 0 rings (SSSR count). The van der Waals surface area contributed by atoms with Crippen LogP contribution in [-0.2, 0) is 0 Å². The van der Waals surface area contributed by atoms with Crippen molar-refractivity contribution in [2.45, 2.75) is 13.8 Å². The third kappa shape index (κ3) is 2.44. The Labute approximate surface area is 68.7 Å². The smallest absolute Gasteiger partial charge is 0.0159 e. The van der Waals surface area contributed by atoms with Crippen molar-refractivity contribution in [3.05, 3.63) is 36.0 Å². The standard InChI is InChI=1S/C9H14S/c1-5-8(4)9(6-10)7(2)3/h5,10H,1,4,6H2,2-3H3. The number of rotatable bonds is 3. The van der Waals surface area contributed by atoms with Crippen LogP contribution in [0, 0.1) is 0 Å². The summed E-state index contributed by atoms with van der Waals surface area (Å²) < 4.78 is 0. The van der Waals surface area contributed by atoms with E-state index in [0.29, 0.717) is 0 Å². The first-order valence-corrected chi connectivity index (χ1v) is 3.85. The molecule has 0 N–H and O–H groups in total. The third-order valence-corrected chi connectivity index (χ3v) is 1.71. The van der Waals surface area contributed by atoms with E-state index >= 15 is 0 Å². The normalized spacial score (nSPS) is 8.70. The molecule has 0 aliphatic rings. The number of hydrogen-bond donors (Lipinski definition) is 1. The lowest BCUT2D eigenvalue weighted by Crippen LogP contribution is -1.89. The van der Waals surface area contributed by atoms with E-state index < -0.39 is 0 Å². The van der Waals surface area contributed by atoms with Gasteiger partial charge in [0.25, 0.3) is 0 Å². The molecule has 0 nitrogen and oxygen atoms in total. The minimum Gasteiger partial charge on any atom is -0.175 e. The van der Waals surface area contributed by atoms with Crippen molar-refractivity contribution in [2.75, 3.05) is 5.75 Å². The van der Waals surface area contributed by atoms with E-state index in [1.165, 1.54) is 11.1 Å². The molecule has 0 heterocycles. The van der Waals surface area contributed by atoms with Crippen LogP contribution in [0.5, 0.6) is 0 Å². The summed E-state index contributed by atoms with van der Waals surface area (Å²) >= 11 is 4.18. The van der Waals surface area contributed by atoms with Crippen molar-refractivity contribution in [2.24, 2.45) is 0 Å². The van der Waals surface area contributed by atoms with E-state index in [-0.39, 0.29) is 0 Å². The van der Waals surface area contributed by atoms with Crippen LogP contribution in [0.25, 0.3) is 0 Å². The molecule has 0 aromatic rings. The first-order chi connectivity index (χ1) is 4.63. The Morgan fingerprint density at radius 3 is 2.10 bits per heavy atom. The minimum absolute atomic E-state index is 0.743. The van der Waals surface area contributed by atoms with Crippen molar-refractivity contribution in [3.8, 4) is 0 Å². The molecule has 0 aromatic carbocycles. The molecule has 0 atom stereocenters. The lowest BCUT2D eigenvalue weighted by molar-refractivity contribution is 1.28. The molecule has 0 saturated heterocycles. The molecule has 1 heteroatoms. The topological polar surface area (TPSA) is 0 Å². The van der Waals surface area contributed by atoms with Gasteiger partial charge in [-0.1, -0.05) is 24.8 Å². The Kier molecular flexibility index (Phi) is 4.21. The Morgan fingerprint density at radius 1 is 1.50 bits per heavy atom. The van der Waals surface area contributed by atoms with Crippen LogP contribution in [0.2, 0.25) is 0 Å². The van der Waals surface area contributed by atoms with Gasteiger partial charge in [-0.25, -0.2) is 0 Å². The first-order valence-electron chi connectivity index (χ1n) is 3.22. The number of hydrogen-bond acceptors (Lipinski definition) is 1. The lowest BCUT2D eigenvalue weighted by atomic mass is 10.1. The molecule has 0 aliphatic carbocycles. The van der Waals surface area contributed by atoms with Crippen molar-refractivity contribution >= 4 is 12.6 Å². The Bertz CT molecular complexity index is 168. The second-order valence-electron chi connectivity index (χ2n) is 2.37. The van der Waals surface area contributed by atoms with E-state index in [0.717, 1.165) is 11.3 Å². The van der Waals surface area contributed by atoms with E-state index in [1.54, 1.807) is 6.08 Å². The van der Waals surface area contributed by atoms with E-state index in [1.807, 2.05) is 0 Å². The molecule has 10 heavy (non-hydrogen) atoms. The quantitative estimate of drug-likeness (QED) is 0.469. The zero-order chi connectivity index (χ0) is 8.15. The molecule has 0 bridgehead atoms. The van der Waals surface area contributed by atoms with Gasteiger partial charge in [0.2, 0.25) is 0 Å². The van der Waals surface area contributed by atoms with Crippen molar-refractivity contribution in [1.82, 2.24) is 0 Å². The van der Waals surface area contributed by atoms with Crippen LogP contribution in [-0.4, -0.2) is 5.75 Å². The van der Waals surface area contributed by atoms with Crippen molar-refractivity contribution in [3.63, 3.8) is 0 Å². The zero-order valence-electron chi connectivity index (χ0n) is 6.65. The summed E-state index contributed by atoms with van der Waals surface area (Å²) in [5, 5.41) is 0. The monoisotopic (exact) mass is 154 g/mol. The zero-order valence-corrected chi connectivity index (χ0v) is 7.54. The molecule has 0 radical (unpaired) electrons. The second-order valence-corrected chi connectivity index (χ2v) is 2.68. The van der Waals surface area contributed by atoms with Crippen molar-refractivity contribution in [1.29, 1.82) is 0 Å². The minimum atomic E-state index is 0.743. The summed E-state index contributed by atoms with van der Waals surface area (Å²) in [6.45, 7) is 11.6. The largest absolute Gasteiger partial charge is 0.175 e. The third-order valence-electron chi connectivity index (χ3n) is 1.40. The van der Waals surface area contributed by atoms with Crippen LogP contribution in [0.4, 0.5) is 0 Å². The van der Waals surface area contributed by atoms with Gasteiger partial charge in [0, 0.05) is 5.75 Å². The molecular formula is C9H14S. The molecule has 56 valence electrons. The highest BCUT2D eigenvalue weighted by Crippen LogP contribution is 2.14. The van der Waals surface area contributed by atoms with Crippen LogP contribution in [0.15, 0.2) is 36.0 Å². The highest BCUT2D eigenvalue weighted by Gasteiger charge is 1.97. The molecule has 0 fully saturated rings. The molecule has 0 saturated carbocycles. The van der Waals surface area contributed by atoms with Gasteiger partial charge in [-0.15, -0.1) is 0 Å². The van der Waals surface area contributed by atoms with Gasteiger partial charge in [-0.3, -0.25) is 0 Å². The van der Waals surface area contributed by atoms with Crippen LogP contribution >= 0.6 is 12.6 Å². The molecule has 0 aromatic heterocycles. The summed E-state index contributed by atoms with van der Waals surface area (Å²) in [7, 11) is 0. The summed E-state index contributed by atoms with van der Waals surface area (Å²) in [5.41, 5.74) is 3.44. The number of allylic oxidation sites excluding steroid dienone is 3. The first kappa shape index (κ1) is 9.57. The van der Waals surface area contributed by atoms with Gasteiger partial charge < -0.3 is 0 Å². The fourth-order valence-corrected chi connectivity index (χ4v) is 1.22. The lowest BCUT2D eigenvalue weighted by Gasteiger charge is -2.04. The van der Waals surface area contributed by atoms with Gasteiger partial charge in [0.1, 0.15) is 0 Å². The maximum atomic E-state index is 4.18. The maximum Gasteiger partial charge on any atom is 0.0159 e. The fourth-order valence-electron chi connectivity index (χ4n) is 0.704. The Hall–Kier alpha value is -0.430. The Morgan fingerprint density at radius 2 is 2.00 bits per heavy atom. The molecule has 0 unspecified atom stereocenters. The van der Waals surface area contributed by atoms with Crippen LogP contribution < -0.4 is 0 Å². The summed E-state index contributed by atoms with van der Waals surface area (Å²) in [6, 6.07) is 0. The van der Waals surface area contributed by atoms with Gasteiger partial charge in [-0.05, 0) is 25.0 Å². The molecule has 0 aliphatic heterocycles. The SMILES string of the molecule is C=CC(=C)C(CS)=C(C)C. The van der Waals surface area contributed by atoms with E-state index in [4.69, 9.17) is 0 Å². The highest BCUT2D eigenvalue weighted by atomic mass is 32.1. The number of thiol groups is 1.